The lowest BCUT2D eigenvalue weighted by atomic mass is 10.2. The van der Waals surface area contributed by atoms with Crippen molar-refractivity contribution in [1.82, 2.24) is 4.90 Å². The lowest BCUT2D eigenvalue weighted by molar-refractivity contribution is 0.282. The van der Waals surface area contributed by atoms with Crippen LogP contribution in [0, 0.1) is 0 Å². The van der Waals surface area contributed by atoms with Crippen molar-refractivity contribution in [3.63, 3.8) is 0 Å². The molecule has 4 heteroatoms. The Morgan fingerprint density at radius 2 is 2.27 bits per heavy atom. The lowest BCUT2D eigenvalue weighted by Gasteiger charge is -2.14. The third kappa shape index (κ3) is 3.16. The molecule has 0 spiro atoms. The fourth-order valence-corrected chi connectivity index (χ4v) is 2.82. The van der Waals surface area contributed by atoms with Gasteiger partial charge < -0.3 is 0 Å². The van der Waals surface area contributed by atoms with Crippen molar-refractivity contribution in [1.29, 1.82) is 0 Å². The number of hydrogen-bond acceptors (Lipinski definition) is 1. The topological polar surface area (TPSA) is 3.24 Å². The highest BCUT2D eigenvalue weighted by atomic mass is 79.9. The summed E-state index contributed by atoms with van der Waals surface area (Å²) in [5, 5.41) is 0.718. The van der Waals surface area contributed by atoms with Crippen LogP contribution in [0.15, 0.2) is 22.7 Å². The Bertz CT molecular complexity index is 338. The molecule has 15 heavy (non-hydrogen) atoms. The van der Waals surface area contributed by atoms with Crippen molar-refractivity contribution in [3.05, 3.63) is 33.3 Å². The molecule has 1 fully saturated rings. The molecular formula is C11H12BrClFN. The second-order valence-corrected chi connectivity index (χ2v) is 5.25. The van der Waals surface area contributed by atoms with E-state index in [2.05, 4.69) is 20.8 Å². The van der Waals surface area contributed by atoms with Crippen LogP contribution < -0.4 is 0 Å². The van der Waals surface area contributed by atoms with E-state index < -0.39 is 6.17 Å². The molecule has 0 radical (unpaired) electrons. The quantitative estimate of drug-likeness (QED) is 0.804. The summed E-state index contributed by atoms with van der Waals surface area (Å²) < 4.78 is 13.9. The summed E-state index contributed by atoms with van der Waals surface area (Å²) in [6, 6.07) is 5.81. The number of rotatable bonds is 2. The third-order valence-electron chi connectivity index (χ3n) is 2.54. The monoisotopic (exact) mass is 291 g/mol. The largest absolute Gasteiger partial charge is 0.296 e. The first-order valence-corrected chi connectivity index (χ1v) is 6.12. The van der Waals surface area contributed by atoms with Gasteiger partial charge in [0.1, 0.15) is 6.17 Å². The maximum Gasteiger partial charge on any atom is 0.114 e. The molecule has 1 nitrogen and oxygen atoms in total. The fraction of sp³-hybridized carbons (Fsp3) is 0.455. The Morgan fingerprint density at radius 3 is 2.87 bits per heavy atom. The van der Waals surface area contributed by atoms with Crippen LogP contribution in [0.5, 0.6) is 0 Å². The molecule has 0 N–H and O–H groups in total. The van der Waals surface area contributed by atoms with E-state index in [4.69, 9.17) is 11.6 Å². The van der Waals surface area contributed by atoms with Gasteiger partial charge in [-0.15, -0.1) is 0 Å². The molecule has 0 bridgehead atoms. The van der Waals surface area contributed by atoms with Gasteiger partial charge in [0.2, 0.25) is 0 Å². The van der Waals surface area contributed by atoms with Crippen LogP contribution in [0.25, 0.3) is 0 Å². The van der Waals surface area contributed by atoms with E-state index in [1.54, 1.807) is 0 Å². The molecule has 82 valence electrons. The maximum absolute atomic E-state index is 13.0. The number of alkyl halides is 1. The second kappa shape index (κ2) is 4.81. The van der Waals surface area contributed by atoms with E-state index >= 15 is 0 Å². The summed E-state index contributed by atoms with van der Waals surface area (Å²) >= 11 is 9.34. The van der Waals surface area contributed by atoms with Crippen molar-refractivity contribution in [2.75, 3.05) is 13.1 Å². The highest BCUT2D eigenvalue weighted by Crippen LogP contribution is 2.22. The summed E-state index contributed by atoms with van der Waals surface area (Å²) in [5.41, 5.74) is 1.13. The van der Waals surface area contributed by atoms with Gasteiger partial charge in [-0.1, -0.05) is 27.5 Å². The number of likely N-dealkylation sites (tertiary alicyclic amines) is 1. The summed E-state index contributed by atoms with van der Waals surface area (Å²) in [6.45, 7) is 2.16. The van der Waals surface area contributed by atoms with Gasteiger partial charge in [0.15, 0.2) is 0 Å². The number of halogens is 3. The summed E-state index contributed by atoms with van der Waals surface area (Å²) in [7, 11) is 0. The highest BCUT2D eigenvalue weighted by Gasteiger charge is 2.21. The molecular weight excluding hydrogens is 280 g/mol. The predicted octanol–water partition coefficient (Wildman–Crippen LogP) is 3.65. The first-order valence-electron chi connectivity index (χ1n) is 4.95. The number of benzene rings is 1. The number of hydrogen-bond donors (Lipinski definition) is 0. The van der Waals surface area contributed by atoms with Gasteiger partial charge in [-0.05, 0) is 30.2 Å². The van der Waals surface area contributed by atoms with E-state index in [0.29, 0.717) is 13.0 Å². The van der Waals surface area contributed by atoms with Crippen LogP contribution in [0.3, 0.4) is 0 Å². The summed E-state index contributed by atoms with van der Waals surface area (Å²) in [6.07, 6.45) is -0.00511. The van der Waals surface area contributed by atoms with E-state index in [9.17, 15) is 4.39 Å². The molecule has 1 aliphatic rings. The molecule has 1 unspecified atom stereocenters. The third-order valence-corrected chi connectivity index (χ3v) is 3.22. The standard InChI is InChI=1S/C11H12BrClFN/c12-9-3-8(4-10(13)5-9)6-15-2-1-11(14)7-15/h3-5,11H,1-2,6-7H2. The zero-order valence-corrected chi connectivity index (χ0v) is 10.6. The van der Waals surface area contributed by atoms with E-state index in [-0.39, 0.29) is 0 Å². The minimum absolute atomic E-state index is 0.546. The van der Waals surface area contributed by atoms with Gasteiger partial charge in [0.05, 0.1) is 0 Å². The minimum Gasteiger partial charge on any atom is -0.296 e. The molecule has 0 amide bonds. The van der Waals surface area contributed by atoms with Crippen LogP contribution in [0.4, 0.5) is 4.39 Å². The molecule has 1 atom stereocenters. The Balaban J connectivity index is 2.04. The average molecular weight is 293 g/mol. The highest BCUT2D eigenvalue weighted by molar-refractivity contribution is 9.10. The molecule has 1 aliphatic heterocycles. The molecule has 1 saturated heterocycles. The zero-order valence-electron chi connectivity index (χ0n) is 8.22. The Kier molecular flexibility index (Phi) is 3.65. The first kappa shape index (κ1) is 11.4. The van der Waals surface area contributed by atoms with Crippen molar-refractivity contribution in [2.24, 2.45) is 0 Å². The summed E-state index contributed by atoms with van der Waals surface area (Å²) in [4.78, 5) is 2.11. The zero-order chi connectivity index (χ0) is 10.8. The Labute approximate surface area is 102 Å². The normalized spacial score (nSPS) is 22.2. The molecule has 0 aromatic heterocycles. The van der Waals surface area contributed by atoms with Gasteiger partial charge in [-0.25, -0.2) is 4.39 Å². The lowest BCUT2D eigenvalue weighted by Crippen LogP contribution is -2.20. The van der Waals surface area contributed by atoms with Gasteiger partial charge in [0.25, 0.3) is 0 Å². The van der Waals surface area contributed by atoms with Crippen LogP contribution in [0.1, 0.15) is 12.0 Å². The maximum atomic E-state index is 13.0. The summed E-state index contributed by atoms with van der Waals surface area (Å²) in [5.74, 6) is 0. The minimum atomic E-state index is -0.660. The average Bonchev–Trinajstić information content (AvgIpc) is 2.49. The van der Waals surface area contributed by atoms with Gasteiger partial charge in [-0.2, -0.15) is 0 Å². The first-order chi connectivity index (χ1) is 7.13. The molecule has 2 rings (SSSR count). The molecule has 0 saturated carbocycles. The van der Waals surface area contributed by atoms with Crippen LogP contribution in [-0.4, -0.2) is 24.2 Å². The smallest absolute Gasteiger partial charge is 0.114 e. The number of nitrogens with zero attached hydrogens (tertiary/aromatic N) is 1. The van der Waals surface area contributed by atoms with E-state index in [1.165, 1.54) is 0 Å². The van der Waals surface area contributed by atoms with Gasteiger partial charge in [-0.3, -0.25) is 4.90 Å². The van der Waals surface area contributed by atoms with E-state index in [0.717, 1.165) is 28.1 Å². The van der Waals surface area contributed by atoms with Crippen LogP contribution in [0.2, 0.25) is 5.02 Å². The molecule has 1 aromatic carbocycles. The molecule has 0 aliphatic carbocycles. The predicted molar refractivity (Wildman–Crippen MR) is 63.9 cm³/mol. The SMILES string of the molecule is FC1CCN(Cc2cc(Cl)cc(Br)c2)C1. The van der Waals surface area contributed by atoms with Crippen LogP contribution >= 0.6 is 27.5 Å². The van der Waals surface area contributed by atoms with Crippen molar-refractivity contribution >= 4 is 27.5 Å². The van der Waals surface area contributed by atoms with E-state index in [1.807, 2.05) is 18.2 Å². The fourth-order valence-electron chi connectivity index (χ4n) is 1.89. The van der Waals surface area contributed by atoms with Crippen molar-refractivity contribution in [2.45, 2.75) is 19.1 Å². The van der Waals surface area contributed by atoms with Crippen molar-refractivity contribution in [3.8, 4) is 0 Å². The Morgan fingerprint density at radius 1 is 1.47 bits per heavy atom. The van der Waals surface area contributed by atoms with Gasteiger partial charge >= 0.3 is 0 Å². The van der Waals surface area contributed by atoms with Crippen LogP contribution in [-0.2, 0) is 6.54 Å². The molecule has 1 heterocycles. The second-order valence-electron chi connectivity index (χ2n) is 3.90. The Hall–Kier alpha value is -0.120. The van der Waals surface area contributed by atoms with Gasteiger partial charge in [0, 0.05) is 29.1 Å². The molecule has 1 aromatic rings. The van der Waals surface area contributed by atoms with Crippen molar-refractivity contribution < 1.29 is 4.39 Å².